The van der Waals surface area contributed by atoms with Gasteiger partial charge >= 0.3 is 5.97 Å². The fraction of sp³-hybridized carbons (Fsp3) is 0.250. The first-order chi connectivity index (χ1) is 6.69. The van der Waals surface area contributed by atoms with Crippen molar-refractivity contribution in [2.75, 3.05) is 7.11 Å². The van der Waals surface area contributed by atoms with Crippen LogP contribution in [0.1, 0.15) is 18.1 Å². The predicted octanol–water partition coefficient (Wildman–Crippen LogP) is 2.57. The van der Waals surface area contributed by atoms with E-state index >= 15 is 0 Å². The summed E-state index contributed by atoms with van der Waals surface area (Å²) in [6.45, 7) is 3.84. The van der Waals surface area contributed by atoms with Crippen LogP contribution in [0.4, 0.5) is 0 Å². The normalized spacial score (nSPS) is 11.2. The van der Waals surface area contributed by atoms with Crippen molar-refractivity contribution in [1.29, 1.82) is 0 Å². The number of carbonyl (C=O) groups excluding carboxylic acids is 1. The molecule has 0 fully saturated rings. The first-order valence-corrected chi connectivity index (χ1v) is 4.50. The quantitative estimate of drug-likeness (QED) is 0.529. The van der Waals surface area contributed by atoms with E-state index in [2.05, 4.69) is 4.74 Å². The third-order valence-electron chi connectivity index (χ3n) is 2.06. The first-order valence-electron chi connectivity index (χ1n) is 4.50. The summed E-state index contributed by atoms with van der Waals surface area (Å²) in [5.74, 6) is -0.295. The number of ether oxygens (including phenoxy) is 1. The molecule has 0 bridgehead atoms. The van der Waals surface area contributed by atoms with Crippen molar-refractivity contribution >= 4 is 11.5 Å². The molecule has 1 aromatic carbocycles. The number of aryl methyl sites for hydroxylation is 1. The Morgan fingerprint density at radius 2 is 1.86 bits per heavy atom. The molecule has 0 N–H and O–H groups in total. The summed E-state index contributed by atoms with van der Waals surface area (Å²) >= 11 is 0. The van der Waals surface area contributed by atoms with Crippen molar-refractivity contribution in [3.63, 3.8) is 0 Å². The first kappa shape index (κ1) is 10.5. The number of allylic oxidation sites excluding steroid dienone is 1. The highest BCUT2D eigenvalue weighted by Crippen LogP contribution is 2.16. The SMILES string of the molecule is CC=C(C(=O)OC)c1ccc(C)cc1. The standard InChI is InChI=1S/C12H14O2/c1-4-11(12(13)14-3)10-7-5-9(2)6-8-10/h4-8H,1-3H3. The van der Waals surface area contributed by atoms with Crippen LogP contribution in [0.25, 0.3) is 5.57 Å². The Kier molecular flexibility index (Phi) is 3.46. The second-order valence-corrected chi connectivity index (χ2v) is 3.06. The van der Waals surface area contributed by atoms with E-state index in [1.165, 1.54) is 12.7 Å². The number of hydrogen-bond acceptors (Lipinski definition) is 2. The highest BCUT2D eigenvalue weighted by Gasteiger charge is 2.09. The van der Waals surface area contributed by atoms with Gasteiger partial charge in [-0.1, -0.05) is 35.9 Å². The predicted molar refractivity (Wildman–Crippen MR) is 56.8 cm³/mol. The van der Waals surface area contributed by atoms with Crippen LogP contribution < -0.4 is 0 Å². The molecule has 0 saturated heterocycles. The van der Waals surface area contributed by atoms with E-state index in [-0.39, 0.29) is 5.97 Å². The number of rotatable bonds is 2. The molecule has 2 heteroatoms. The smallest absolute Gasteiger partial charge is 0.338 e. The van der Waals surface area contributed by atoms with Crippen LogP contribution in [-0.2, 0) is 9.53 Å². The van der Waals surface area contributed by atoms with Gasteiger partial charge in [0, 0.05) is 0 Å². The molecule has 1 aromatic rings. The van der Waals surface area contributed by atoms with Gasteiger partial charge in [-0.2, -0.15) is 0 Å². The number of hydrogen-bond donors (Lipinski definition) is 0. The Balaban J connectivity index is 3.03. The highest BCUT2D eigenvalue weighted by molar-refractivity contribution is 6.16. The number of carbonyl (C=O) groups is 1. The van der Waals surface area contributed by atoms with Crippen molar-refractivity contribution in [3.05, 3.63) is 41.5 Å². The molecule has 0 unspecified atom stereocenters. The molecule has 74 valence electrons. The second-order valence-electron chi connectivity index (χ2n) is 3.06. The van der Waals surface area contributed by atoms with E-state index in [4.69, 9.17) is 0 Å². The highest BCUT2D eigenvalue weighted by atomic mass is 16.5. The van der Waals surface area contributed by atoms with Crippen LogP contribution in [0.15, 0.2) is 30.3 Å². The average Bonchev–Trinajstić information content (AvgIpc) is 2.21. The molecule has 0 spiro atoms. The lowest BCUT2D eigenvalue weighted by molar-refractivity contribution is -0.133. The molecule has 1 rings (SSSR count). The average molecular weight is 190 g/mol. The molecule has 0 aliphatic carbocycles. The van der Waals surface area contributed by atoms with Crippen LogP contribution in [0.3, 0.4) is 0 Å². The van der Waals surface area contributed by atoms with Gasteiger partial charge < -0.3 is 4.74 Å². The molecule has 0 atom stereocenters. The topological polar surface area (TPSA) is 26.3 Å². The lowest BCUT2D eigenvalue weighted by atomic mass is 10.0. The minimum Gasteiger partial charge on any atom is -0.465 e. The molecule has 0 radical (unpaired) electrons. The third kappa shape index (κ3) is 2.22. The van der Waals surface area contributed by atoms with Gasteiger partial charge in [-0.3, -0.25) is 0 Å². The maximum atomic E-state index is 11.3. The maximum absolute atomic E-state index is 11.3. The number of benzene rings is 1. The molecule has 0 saturated carbocycles. The summed E-state index contributed by atoms with van der Waals surface area (Å²) in [5.41, 5.74) is 2.67. The minimum atomic E-state index is -0.295. The van der Waals surface area contributed by atoms with Gasteiger partial charge in [0.15, 0.2) is 0 Å². The van der Waals surface area contributed by atoms with E-state index in [0.29, 0.717) is 5.57 Å². The minimum absolute atomic E-state index is 0.295. The molecule has 0 amide bonds. The Labute approximate surface area is 84.2 Å². The Hall–Kier alpha value is -1.57. The number of methoxy groups -OCH3 is 1. The van der Waals surface area contributed by atoms with Crippen molar-refractivity contribution < 1.29 is 9.53 Å². The van der Waals surface area contributed by atoms with Gasteiger partial charge in [0.2, 0.25) is 0 Å². The maximum Gasteiger partial charge on any atom is 0.338 e. The Morgan fingerprint density at radius 1 is 1.29 bits per heavy atom. The van der Waals surface area contributed by atoms with Gasteiger partial charge in [-0.15, -0.1) is 0 Å². The molecule has 0 aliphatic rings. The van der Waals surface area contributed by atoms with Crippen LogP contribution in [-0.4, -0.2) is 13.1 Å². The molecule has 14 heavy (non-hydrogen) atoms. The molecule has 0 aliphatic heterocycles. The third-order valence-corrected chi connectivity index (χ3v) is 2.06. The van der Waals surface area contributed by atoms with Crippen LogP contribution >= 0.6 is 0 Å². The van der Waals surface area contributed by atoms with Gasteiger partial charge in [0.05, 0.1) is 12.7 Å². The summed E-state index contributed by atoms with van der Waals surface area (Å²) in [5, 5.41) is 0. The largest absolute Gasteiger partial charge is 0.465 e. The van der Waals surface area contributed by atoms with E-state index < -0.39 is 0 Å². The molecular formula is C12H14O2. The van der Waals surface area contributed by atoms with E-state index in [1.54, 1.807) is 6.08 Å². The van der Waals surface area contributed by atoms with E-state index in [0.717, 1.165) is 5.56 Å². The summed E-state index contributed by atoms with van der Waals surface area (Å²) in [4.78, 5) is 11.3. The van der Waals surface area contributed by atoms with E-state index in [1.807, 2.05) is 38.1 Å². The van der Waals surface area contributed by atoms with Crippen molar-refractivity contribution in [2.45, 2.75) is 13.8 Å². The lowest BCUT2D eigenvalue weighted by Crippen LogP contribution is -2.03. The molecule has 2 nitrogen and oxygen atoms in total. The number of esters is 1. The zero-order valence-electron chi connectivity index (χ0n) is 8.70. The monoisotopic (exact) mass is 190 g/mol. The fourth-order valence-corrected chi connectivity index (χ4v) is 1.25. The summed E-state index contributed by atoms with van der Waals surface area (Å²) in [6.07, 6.45) is 1.76. The van der Waals surface area contributed by atoms with Gasteiger partial charge in [0.25, 0.3) is 0 Å². The van der Waals surface area contributed by atoms with Crippen LogP contribution in [0.5, 0.6) is 0 Å². The summed E-state index contributed by atoms with van der Waals surface area (Å²) in [7, 11) is 1.39. The molecule has 0 aromatic heterocycles. The summed E-state index contributed by atoms with van der Waals surface area (Å²) < 4.78 is 4.68. The van der Waals surface area contributed by atoms with Gasteiger partial charge in [-0.25, -0.2) is 4.79 Å². The van der Waals surface area contributed by atoms with Crippen LogP contribution in [0, 0.1) is 6.92 Å². The zero-order chi connectivity index (χ0) is 10.6. The van der Waals surface area contributed by atoms with Gasteiger partial charge in [0.1, 0.15) is 0 Å². The van der Waals surface area contributed by atoms with Crippen molar-refractivity contribution in [3.8, 4) is 0 Å². The van der Waals surface area contributed by atoms with Crippen molar-refractivity contribution in [2.24, 2.45) is 0 Å². The molecular weight excluding hydrogens is 176 g/mol. The summed E-state index contributed by atoms with van der Waals surface area (Å²) in [6, 6.07) is 7.78. The second kappa shape index (κ2) is 4.61. The Morgan fingerprint density at radius 3 is 2.29 bits per heavy atom. The molecule has 0 heterocycles. The fourth-order valence-electron chi connectivity index (χ4n) is 1.25. The van der Waals surface area contributed by atoms with Crippen LogP contribution in [0.2, 0.25) is 0 Å². The Bertz CT molecular complexity index is 347. The van der Waals surface area contributed by atoms with Gasteiger partial charge in [-0.05, 0) is 19.4 Å². The van der Waals surface area contributed by atoms with E-state index in [9.17, 15) is 4.79 Å². The zero-order valence-corrected chi connectivity index (χ0v) is 8.70. The lowest BCUT2D eigenvalue weighted by Gasteiger charge is -2.04. The van der Waals surface area contributed by atoms with Crippen molar-refractivity contribution in [1.82, 2.24) is 0 Å².